The fourth-order valence-electron chi connectivity index (χ4n) is 3.47. The number of aromatic nitrogens is 4. The van der Waals surface area contributed by atoms with Crippen LogP contribution in [-0.4, -0.2) is 32.2 Å². The highest BCUT2D eigenvalue weighted by atomic mass is 32.2. The minimum Gasteiger partial charge on any atom is -0.465 e. The van der Waals surface area contributed by atoms with Gasteiger partial charge >= 0.3 is 5.97 Å². The molecule has 4 rings (SSSR count). The highest BCUT2D eigenvalue weighted by Crippen LogP contribution is 2.25. The molecule has 0 aliphatic carbocycles. The van der Waals surface area contributed by atoms with Gasteiger partial charge in [-0.25, -0.2) is 4.79 Å². The molecule has 2 heterocycles. The Morgan fingerprint density at radius 2 is 1.94 bits per heavy atom. The number of carbonyl (C=O) groups excluding carboxylic acids is 1. The van der Waals surface area contributed by atoms with Crippen molar-refractivity contribution in [2.45, 2.75) is 37.7 Å². The zero-order valence-electron chi connectivity index (χ0n) is 17.7. The van der Waals surface area contributed by atoms with E-state index >= 15 is 0 Å². The van der Waals surface area contributed by atoms with Crippen LogP contribution in [-0.2, 0) is 17.0 Å². The summed E-state index contributed by atoms with van der Waals surface area (Å²) in [5.74, 6) is 1.26. The lowest BCUT2D eigenvalue weighted by Gasteiger charge is -2.12. The molecule has 0 atom stereocenters. The van der Waals surface area contributed by atoms with E-state index in [0.717, 1.165) is 17.5 Å². The summed E-state index contributed by atoms with van der Waals surface area (Å²) in [6, 6.07) is 14.9. The van der Waals surface area contributed by atoms with Crippen molar-refractivity contribution >= 4 is 34.4 Å². The summed E-state index contributed by atoms with van der Waals surface area (Å²) in [4.78, 5) is 24.9. The highest BCUT2D eigenvalue weighted by molar-refractivity contribution is 7.98. The molecule has 0 spiro atoms. The molecule has 7 nitrogen and oxygen atoms in total. The molecule has 160 valence electrons. The summed E-state index contributed by atoms with van der Waals surface area (Å²) in [7, 11) is 1.37. The van der Waals surface area contributed by atoms with Gasteiger partial charge in [-0.1, -0.05) is 49.9 Å². The maximum Gasteiger partial charge on any atom is 0.337 e. The lowest BCUT2D eigenvalue weighted by molar-refractivity contribution is 0.0600. The molecule has 0 saturated carbocycles. The van der Waals surface area contributed by atoms with E-state index in [1.165, 1.54) is 18.9 Å². The van der Waals surface area contributed by atoms with Crippen molar-refractivity contribution in [3.05, 3.63) is 70.0 Å². The van der Waals surface area contributed by atoms with E-state index in [1.54, 1.807) is 10.6 Å². The number of thioether (sulfide) groups is 1. The van der Waals surface area contributed by atoms with E-state index in [2.05, 4.69) is 24.0 Å². The summed E-state index contributed by atoms with van der Waals surface area (Å²) < 4.78 is 8.48. The van der Waals surface area contributed by atoms with Crippen LogP contribution in [0.2, 0.25) is 0 Å². The normalized spacial score (nSPS) is 11.5. The average molecular weight is 437 g/mol. The number of carbonyl (C=O) groups is 1. The van der Waals surface area contributed by atoms with Crippen molar-refractivity contribution in [1.82, 2.24) is 19.2 Å². The maximum atomic E-state index is 13.1. The minimum absolute atomic E-state index is 0.0431. The molecule has 31 heavy (non-hydrogen) atoms. The molecule has 0 fully saturated rings. The number of aryl methyl sites for hydroxylation is 1. The third kappa shape index (κ3) is 4.20. The molecule has 2 aromatic carbocycles. The Bertz CT molecular complexity index is 1310. The first-order chi connectivity index (χ1) is 15.0. The van der Waals surface area contributed by atoms with Crippen LogP contribution in [0.1, 0.15) is 36.2 Å². The van der Waals surface area contributed by atoms with Gasteiger partial charge in [0, 0.05) is 12.3 Å². The second kappa shape index (κ2) is 8.93. The summed E-state index contributed by atoms with van der Waals surface area (Å²) >= 11 is 1.51. The van der Waals surface area contributed by atoms with Gasteiger partial charge in [-0.3, -0.25) is 13.8 Å². The topological polar surface area (TPSA) is 78.5 Å². The van der Waals surface area contributed by atoms with Crippen molar-refractivity contribution in [1.29, 1.82) is 0 Å². The van der Waals surface area contributed by atoms with E-state index in [-0.39, 0.29) is 11.5 Å². The summed E-state index contributed by atoms with van der Waals surface area (Å²) in [6.07, 6.45) is 0.879. The second-order valence-electron chi connectivity index (χ2n) is 7.76. The molecule has 0 saturated heterocycles. The molecule has 4 aromatic rings. The van der Waals surface area contributed by atoms with E-state index in [4.69, 9.17) is 4.74 Å². The molecule has 2 aromatic heterocycles. The number of hydrogen-bond acceptors (Lipinski definition) is 6. The van der Waals surface area contributed by atoms with Gasteiger partial charge in [0.25, 0.3) is 5.56 Å². The molecule has 0 amide bonds. The predicted octanol–water partition coefficient (Wildman–Crippen LogP) is 4.17. The van der Waals surface area contributed by atoms with Crippen molar-refractivity contribution < 1.29 is 9.53 Å². The SMILES string of the molecule is COC(=O)c1cccc(CSc2nnc3n(CCC(C)C)c(=O)c4ccccc4n23)c1. The van der Waals surface area contributed by atoms with Crippen molar-refractivity contribution in [2.24, 2.45) is 5.92 Å². The molecule has 0 N–H and O–H groups in total. The Morgan fingerprint density at radius 1 is 1.13 bits per heavy atom. The number of hydrogen-bond donors (Lipinski definition) is 0. The van der Waals surface area contributed by atoms with E-state index in [0.29, 0.717) is 40.1 Å². The van der Waals surface area contributed by atoms with Gasteiger partial charge in [0.05, 0.1) is 23.6 Å². The van der Waals surface area contributed by atoms with Crippen LogP contribution in [0, 0.1) is 5.92 Å². The Morgan fingerprint density at radius 3 is 2.71 bits per heavy atom. The van der Waals surface area contributed by atoms with Crippen LogP contribution in [0.4, 0.5) is 0 Å². The molecule has 0 bridgehead atoms. The van der Waals surface area contributed by atoms with Gasteiger partial charge < -0.3 is 4.74 Å². The van der Waals surface area contributed by atoms with Crippen LogP contribution < -0.4 is 5.56 Å². The van der Waals surface area contributed by atoms with Gasteiger partial charge in [-0.15, -0.1) is 10.2 Å². The van der Waals surface area contributed by atoms with Gasteiger partial charge in [0.1, 0.15) is 0 Å². The first-order valence-electron chi connectivity index (χ1n) is 10.2. The standard InChI is InChI=1S/C23H24N4O3S/c1-15(2)11-12-26-20(28)18-9-4-5-10-19(18)27-22(26)24-25-23(27)31-14-16-7-6-8-17(13-16)21(29)30-3/h4-10,13,15H,11-12,14H2,1-3H3. The summed E-state index contributed by atoms with van der Waals surface area (Å²) in [5, 5.41) is 10.1. The summed E-state index contributed by atoms with van der Waals surface area (Å²) in [6.45, 7) is 4.86. The summed E-state index contributed by atoms with van der Waals surface area (Å²) in [5.41, 5.74) is 2.24. The quantitative estimate of drug-likeness (QED) is 0.320. The lowest BCUT2D eigenvalue weighted by Crippen LogP contribution is -2.24. The Balaban J connectivity index is 1.74. The first-order valence-corrected chi connectivity index (χ1v) is 11.1. The zero-order valence-corrected chi connectivity index (χ0v) is 18.6. The van der Waals surface area contributed by atoms with Crippen LogP contribution in [0.25, 0.3) is 16.7 Å². The van der Waals surface area contributed by atoms with E-state index in [9.17, 15) is 9.59 Å². The number of para-hydroxylation sites is 1. The monoisotopic (exact) mass is 436 g/mol. The molecule has 8 heteroatoms. The first kappa shape index (κ1) is 21.1. The lowest BCUT2D eigenvalue weighted by atomic mass is 10.1. The number of ether oxygens (including phenoxy) is 1. The molecule has 0 aliphatic heterocycles. The minimum atomic E-state index is -0.361. The van der Waals surface area contributed by atoms with Crippen LogP contribution >= 0.6 is 11.8 Å². The third-order valence-electron chi connectivity index (χ3n) is 5.12. The average Bonchev–Trinajstić information content (AvgIpc) is 3.21. The van der Waals surface area contributed by atoms with Crippen molar-refractivity contribution in [2.75, 3.05) is 7.11 Å². The number of fused-ring (bicyclic) bond motifs is 3. The smallest absolute Gasteiger partial charge is 0.337 e. The largest absolute Gasteiger partial charge is 0.465 e. The Hall–Kier alpha value is -3.13. The molecule has 0 unspecified atom stereocenters. The van der Waals surface area contributed by atoms with Gasteiger partial charge in [-0.05, 0) is 42.2 Å². The number of esters is 1. The molecule has 0 aliphatic rings. The molecule has 0 radical (unpaired) electrons. The number of nitrogens with zero attached hydrogens (tertiary/aromatic N) is 4. The third-order valence-corrected chi connectivity index (χ3v) is 6.12. The van der Waals surface area contributed by atoms with Crippen LogP contribution in [0.5, 0.6) is 0 Å². The predicted molar refractivity (Wildman–Crippen MR) is 122 cm³/mol. The number of methoxy groups -OCH3 is 1. The maximum absolute atomic E-state index is 13.1. The Labute approximate surface area is 184 Å². The van der Waals surface area contributed by atoms with Gasteiger partial charge in [-0.2, -0.15) is 0 Å². The van der Waals surface area contributed by atoms with Crippen molar-refractivity contribution in [3.8, 4) is 0 Å². The fourth-order valence-corrected chi connectivity index (χ4v) is 4.35. The van der Waals surface area contributed by atoms with E-state index < -0.39 is 0 Å². The zero-order chi connectivity index (χ0) is 22.0. The number of benzene rings is 2. The van der Waals surface area contributed by atoms with Gasteiger partial charge in [0.2, 0.25) is 5.78 Å². The Kier molecular flexibility index (Phi) is 6.08. The second-order valence-corrected chi connectivity index (χ2v) is 8.70. The van der Waals surface area contributed by atoms with Crippen LogP contribution in [0.15, 0.2) is 58.5 Å². The number of rotatable bonds is 7. The molecular formula is C23H24N4O3S. The van der Waals surface area contributed by atoms with E-state index in [1.807, 2.05) is 46.9 Å². The highest BCUT2D eigenvalue weighted by Gasteiger charge is 2.17. The fraction of sp³-hybridized carbons (Fsp3) is 0.304. The van der Waals surface area contributed by atoms with Crippen molar-refractivity contribution in [3.63, 3.8) is 0 Å². The molecular weight excluding hydrogens is 412 g/mol. The van der Waals surface area contributed by atoms with Crippen LogP contribution in [0.3, 0.4) is 0 Å². The van der Waals surface area contributed by atoms with Gasteiger partial charge in [0.15, 0.2) is 5.16 Å².